The molecule has 0 aliphatic carbocycles. The zero-order valence-corrected chi connectivity index (χ0v) is 14.2. The van der Waals surface area contributed by atoms with Crippen LogP contribution >= 0.6 is 0 Å². The number of hydrogen-bond acceptors (Lipinski definition) is 5. The van der Waals surface area contributed by atoms with Gasteiger partial charge in [0.2, 0.25) is 11.9 Å². The monoisotopic (exact) mass is 318 g/mol. The molecule has 1 aromatic rings. The molecule has 6 heteroatoms. The fourth-order valence-electron chi connectivity index (χ4n) is 3.23. The Bertz CT molecular complexity index is 546. The van der Waals surface area contributed by atoms with Gasteiger partial charge < -0.3 is 15.0 Å². The number of amides is 1. The highest BCUT2D eigenvalue weighted by Gasteiger charge is 2.45. The van der Waals surface area contributed by atoms with Crippen LogP contribution in [-0.2, 0) is 16.0 Å². The Balaban J connectivity index is 1.63. The number of rotatable bonds is 5. The molecule has 1 amide bonds. The first-order valence-electron chi connectivity index (χ1n) is 8.55. The van der Waals surface area contributed by atoms with Crippen LogP contribution in [0.1, 0.15) is 32.8 Å². The normalized spacial score (nSPS) is 26.6. The van der Waals surface area contributed by atoms with Crippen molar-refractivity contribution < 1.29 is 9.53 Å². The van der Waals surface area contributed by atoms with Crippen LogP contribution in [0, 0.1) is 11.8 Å². The highest BCUT2D eigenvalue weighted by Crippen LogP contribution is 2.33. The molecular formula is C17H26N4O2. The van der Waals surface area contributed by atoms with Gasteiger partial charge in [0.1, 0.15) is 0 Å². The van der Waals surface area contributed by atoms with Crippen molar-refractivity contribution in [2.75, 3.05) is 24.5 Å². The van der Waals surface area contributed by atoms with E-state index in [0.717, 1.165) is 37.4 Å². The average Bonchev–Trinajstić information content (AvgIpc) is 2.86. The summed E-state index contributed by atoms with van der Waals surface area (Å²) in [5.74, 6) is 1.26. The lowest BCUT2D eigenvalue weighted by atomic mass is 9.99. The molecule has 0 aromatic carbocycles. The van der Waals surface area contributed by atoms with Crippen molar-refractivity contribution in [2.24, 2.45) is 11.8 Å². The number of nitrogens with one attached hydrogen (secondary N) is 1. The second-order valence-corrected chi connectivity index (χ2v) is 6.93. The lowest BCUT2D eigenvalue weighted by Crippen LogP contribution is -2.46. The van der Waals surface area contributed by atoms with Gasteiger partial charge in [0.25, 0.3) is 0 Å². The molecule has 2 aliphatic rings. The first-order chi connectivity index (χ1) is 11.1. The molecule has 3 heterocycles. The number of aryl methyl sites for hydroxylation is 1. The van der Waals surface area contributed by atoms with E-state index in [9.17, 15) is 4.79 Å². The molecule has 1 aromatic heterocycles. The molecule has 2 fully saturated rings. The number of hydrogen-bond donors (Lipinski definition) is 1. The zero-order chi connectivity index (χ0) is 16.4. The van der Waals surface area contributed by atoms with Crippen LogP contribution in [0.15, 0.2) is 12.4 Å². The Morgan fingerprint density at radius 3 is 2.78 bits per heavy atom. The number of morpholine rings is 1. The van der Waals surface area contributed by atoms with Crippen molar-refractivity contribution in [1.29, 1.82) is 0 Å². The van der Waals surface area contributed by atoms with Gasteiger partial charge in [-0.05, 0) is 24.3 Å². The Morgan fingerprint density at radius 1 is 1.39 bits per heavy atom. The summed E-state index contributed by atoms with van der Waals surface area (Å²) < 4.78 is 5.98. The molecule has 0 unspecified atom stereocenters. The van der Waals surface area contributed by atoms with E-state index in [1.807, 2.05) is 12.4 Å². The quantitative estimate of drug-likeness (QED) is 0.889. The largest absolute Gasteiger partial charge is 0.370 e. The van der Waals surface area contributed by atoms with Crippen LogP contribution in [0.2, 0.25) is 0 Å². The maximum Gasteiger partial charge on any atom is 0.225 e. The predicted molar refractivity (Wildman–Crippen MR) is 88.2 cm³/mol. The van der Waals surface area contributed by atoms with Crippen molar-refractivity contribution in [3.05, 3.63) is 18.0 Å². The van der Waals surface area contributed by atoms with E-state index in [0.29, 0.717) is 12.5 Å². The van der Waals surface area contributed by atoms with Gasteiger partial charge in [0, 0.05) is 32.0 Å². The second-order valence-electron chi connectivity index (χ2n) is 6.93. The fraction of sp³-hybridized carbons (Fsp3) is 0.706. The second kappa shape index (κ2) is 6.83. The molecule has 2 saturated heterocycles. The number of fused-ring (bicyclic) bond motifs is 2. The highest BCUT2D eigenvalue weighted by molar-refractivity contribution is 5.79. The molecule has 3 atom stereocenters. The molecule has 0 saturated carbocycles. The number of carbonyl (C=O) groups excluding carboxylic acids is 1. The lowest BCUT2D eigenvalue weighted by molar-refractivity contribution is -0.126. The number of ether oxygens (including phenoxy) is 1. The summed E-state index contributed by atoms with van der Waals surface area (Å²) in [5.41, 5.74) is 1.14. The van der Waals surface area contributed by atoms with E-state index in [4.69, 9.17) is 4.74 Å². The van der Waals surface area contributed by atoms with Gasteiger partial charge in [-0.2, -0.15) is 0 Å². The van der Waals surface area contributed by atoms with Crippen LogP contribution in [-0.4, -0.2) is 47.7 Å². The molecule has 0 spiro atoms. The minimum absolute atomic E-state index is 0.0568. The summed E-state index contributed by atoms with van der Waals surface area (Å²) in [6, 6.07) is 0. The SMILES string of the molecule is CCc1cnc(N2C[C@@H]3C[C@H](C(=O)NCC(C)C)[C@H](C2)O3)nc1. The predicted octanol–water partition coefficient (Wildman–Crippen LogP) is 1.40. The Kier molecular flexibility index (Phi) is 4.80. The average molecular weight is 318 g/mol. The summed E-state index contributed by atoms with van der Waals surface area (Å²) in [5, 5.41) is 3.04. The Hall–Kier alpha value is -1.69. The van der Waals surface area contributed by atoms with Crippen molar-refractivity contribution >= 4 is 11.9 Å². The van der Waals surface area contributed by atoms with Crippen LogP contribution in [0.25, 0.3) is 0 Å². The number of carbonyl (C=O) groups is 1. The summed E-state index contributed by atoms with van der Waals surface area (Å²) in [6.45, 7) is 8.45. The molecule has 1 N–H and O–H groups in total. The standard InChI is InChI=1S/C17H26N4O2/c1-4-12-7-19-17(20-8-12)21-9-13-5-14(15(10-21)23-13)16(22)18-6-11(2)3/h7-8,11,13-15H,4-6,9-10H2,1-3H3,(H,18,22)/t13-,14-,15-/m0/s1. The smallest absolute Gasteiger partial charge is 0.225 e. The molecule has 23 heavy (non-hydrogen) atoms. The van der Waals surface area contributed by atoms with Gasteiger partial charge in [-0.3, -0.25) is 4.79 Å². The summed E-state index contributed by atoms with van der Waals surface area (Å²) in [7, 11) is 0. The van der Waals surface area contributed by atoms with Crippen LogP contribution < -0.4 is 10.2 Å². The van der Waals surface area contributed by atoms with E-state index in [1.165, 1.54) is 0 Å². The van der Waals surface area contributed by atoms with Gasteiger partial charge in [-0.15, -0.1) is 0 Å². The van der Waals surface area contributed by atoms with Crippen LogP contribution in [0.4, 0.5) is 5.95 Å². The number of aromatic nitrogens is 2. The van der Waals surface area contributed by atoms with Crippen molar-refractivity contribution in [2.45, 2.75) is 45.8 Å². The van der Waals surface area contributed by atoms with Crippen LogP contribution in [0.3, 0.4) is 0 Å². The van der Waals surface area contributed by atoms with Crippen LogP contribution in [0.5, 0.6) is 0 Å². The molecule has 3 rings (SSSR count). The molecule has 2 aliphatic heterocycles. The highest BCUT2D eigenvalue weighted by atomic mass is 16.5. The molecule has 2 bridgehead atoms. The number of anilines is 1. The van der Waals surface area contributed by atoms with E-state index < -0.39 is 0 Å². The lowest BCUT2D eigenvalue weighted by Gasteiger charge is -2.32. The van der Waals surface area contributed by atoms with E-state index in [1.54, 1.807) is 0 Å². The fourth-order valence-corrected chi connectivity index (χ4v) is 3.23. The summed E-state index contributed by atoms with van der Waals surface area (Å²) in [6.07, 6.45) is 5.53. The van der Waals surface area contributed by atoms with E-state index in [-0.39, 0.29) is 24.0 Å². The van der Waals surface area contributed by atoms with Gasteiger partial charge in [0.15, 0.2) is 0 Å². The molecular weight excluding hydrogens is 292 g/mol. The summed E-state index contributed by atoms with van der Waals surface area (Å²) in [4.78, 5) is 23.4. The Labute approximate surface area is 137 Å². The maximum atomic E-state index is 12.4. The number of nitrogens with zero attached hydrogens (tertiary/aromatic N) is 3. The first-order valence-corrected chi connectivity index (χ1v) is 8.55. The molecule has 126 valence electrons. The van der Waals surface area contributed by atoms with Gasteiger partial charge in [-0.25, -0.2) is 9.97 Å². The Morgan fingerprint density at radius 2 is 2.13 bits per heavy atom. The van der Waals surface area contributed by atoms with Gasteiger partial charge in [0.05, 0.1) is 18.1 Å². The van der Waals surface area contributed by atoms with Crippen molar-refractivity contribution in [3.63, 3.8) is 0 Å². The topological polar surface area (TPSA) is 67.4 Å². The zero-order valence-electron chi connectivity index (χ0n) is 14.2. The third-order valence-corrected chi connectivity index (χ3v) is 4.56. The third kappa shape index (κ3) is 3.63. The van der Waals surface area contributed by atoms with Crippen molar-refractivity contribution in [3.8, 4) is 0 Å². The summed E-state index contributed by atoms with van der Waals surface area (Å²) >= 11 is 0. The van der Waals surface area contributed by atoms with Gasteiger partial charge in [-0.1, -0.05) is 20.8 Å². The van der Waals surface area contributed by atoms with Gasteiger partial charge >= 0.3 is 0 Å². The molecule has 6 nitrogen and oxygen atoms in total. The first kappa shape index (κ1) is 16.2. The minimum Gasteiger partial charge on any atom is -0.370 e. The van der Waals surface area contributed by atoms with Crippen molar-refractivity contribution in [1.82, 2.24) is 15.3 Å². The molecule has 0 radical (unpaired) electrons. The maximum absolute atomic E-state index is 12.4. The van der Waals surface area contributed by atoms with E-state index in [2.05, 4.69) is 41.0 Å². The minimum atomic E-state index is -0.0598. The third-order valence-electron chi connectivity index (χ3n) is 4.56. The van der Waals surface area contributed by atoms with E-state index >= 15 is 0 Å².